The maximum absolute atomic E-state index is 5.57. The Labute approximate surface area is 176 Å². The third-order valence-electron chi connectivity index (χ3n) is 6.01. The first-order valence-corrected chi connectivity index (χ1v) is 13.6. The summed E-state index contributed by atoms with van der Waals surface area (Å²) in [5.41, 5.74) is 0. The highest BCUT2D eigenvalue weighted by atomic mass is 32.2. The summed E-state index contributed by atoms with van der Waals surface area (Å²) in [6.07, 6.45) is 26.9. The average Bonchev–Trinajstić information content (AvgIpc) is 2.67. The molecule has 0 unspecified atom stereocenters. The van der Waals surface area contributed by atoms with Crippen LogP contribution < -0.4 is 0 Å². The van der Waals surface area contributed by atoms with Crippen molar-refractivity contribution >= 4 is 11.8 Å². The smallest absolute Gasteiger partial charge is 0.0518 e. The number of unbranched alkanes of at least 4 members (excludes halogenated alkanes) is 10. The summed E-state index contributed by atoms with van der Waals surface area (Å²) in [5, 5.41) is 0. The minimum Gasteiger partial charge on any atom is -0.379 e. The van der Waals surface area contributed by atoms with Gasteiger partial charge in [-0.3, -0.25) is 0 Å². The van der Waals surface area contributed by atoms with Crippen LogP contribution in [0.5, 0.6) is 0 Å². The molecule has 0 aromatic heterocycles. The molecule has 1 fully saturated rings. The molecule has 0 aromatic rings. The highest BCUT2D eigenvalue weighted by Crippen LogP contribution is 2.28. The molecule has 162 valence electrons. The number of ether oxygens (including phenoxy) is 1. The molecule has 0 heterocycles. The summed E-state index contributed by atoms with van der Waals surface area (Å²) in [6.45, 7) is 5.17. The first-order valence-electron chi connectivity index (χ1n) is 12.5. The molecule has 0 N–H and O–H groups in total. The Morgan fingerprint density at radius 1 is 0.667 bits per heavy atom. The third kappa shape index (κ3) is 18.1. The second kappa shape index (κ2) is 19.6. The second-order valence-corrected chi connectivity index (χ2v) is 10.3. The predicted molar refractivity (Wildman–Crippen MR) is 125 cm³/mol. The summed E-state index contributed by atoms with van der Waals surface area (Å²) in [7, 11) is 0. The van der Waals surface area contributed by atoms with Gasteiger partial charge in [0.2, 0.25) is 0 Å². The summed E-state index contributed by atoms with van der Waals surface area (Å²) in [5.74, 6) is 3.71. The molecule has 0 amide bonds. The van der Waals surface area contributed by atoms with Crippen LogP contribution in [0.3, 0.4) is 0 Å². The molecule has 0 radical (unpaired) electrons. The Kier molecular flexibility index (Phi) is 18.4. The minimum atomic E-state index is 0.390. The van der Waals surface area contributed by atoms with E-state index in [0.717, 1.165) is 12.5 Å². The van der Waals surface area contributed by atoms with Gasteiger partial charge < -0.3 is 4.74 Å². The lowest BCUT2D eigenvalue weighted by Gasteiger charge is -2.21. The van der Waals surface area contributed by atoms with Crippen molar-refractivity contribution in [1.82, 2.24) is 0 Å². The summed E-state index contributed by atoms with van der Waals surface area (Å²) in [6, 6.07) is 0. The molecule has 2 heteroatoms. The molecule has 1 aliphatic carbocycles. The van der Waals surface area contributed by atoms with Crippen LogP contribution >= 0.6 is 11.8 Å². The van der Waals surface area contributed by atoms with Crippen molar-refractivity contribution in [3.63, 3.8) is 0 Å². The van der Waals surface area contributed by atoms with Gasteiger partial charge in [0, 0.05) is 6.61 Å². The molecule has 1 saturated carbocycles. The minimum absolute atomic E-state index is 0.390. The van der Waals surface area contributed by atoms with Crippen LogP contribution in [0.4, 0.5) is 0 Å². The van der Waals surface area contributed by atoms with Crippen LogP contribution in [0, 0.1) is 5.92 Å². The van der Waals surface area contributed by atoms with E-state index in [1.54, 1.807) is 0 Å². The SMILES string of the molecule is CC(C)OCCCSCCCCCCCCCCCCCC1CCCCC1. The van der Waals surface area contributed by atoms with E-state index < -0.39 is 0 Å². The van der Waals surface area contributed by atoms with E-state index in [1.165, 1.54) is 127 Å². The van der Waals surface area contributed by atoms with Gasteiger partial charge in [-0.2, -0.15) is 11.8 Å². The van der Waals surface area contributed by atoms with Crippen LogP contribution in [-0.4, -0.2) is 24.2 Å². The van der Waals surface area contributed by atoms with Crippen LogP contribution in [0.15, 0.2) is 0 Å². The topological polar surface area (TPSA) is 9.23 Å². The lowest BCUT2D eigenvalue weighted by molar-refractivity contribution is 0.0800. The van der Waals surface area contributed by atoms with E-state index in [1.807, 2.05) is 0 Å². The van der Waals surface area contributed by atoms with E-state index in [4.69, 9.17) is 4.74 Å². The van der Waals surface area contributed by atoms with Gasteiger partial charge in [0.15, 0.2) is 0 Å². The van der Waals surface area contributed by atoms with E-state index in [-0.39, 0.29) is 0 Å². The first-order chi connectivity index (χ1) is 13.3. The summed E-state index contributed by atoms with van der Waals surface area (Å²) in [4.78, 5) is 0. The van der Waals surface area contributed by atoms with E-state index >= 15 is 0 Å². The van der Waals surface area contributed by atoms with Crippen LogP contribution in [0.2, 0.25) is 0 Å². The van der Waals surface area contributed by atoms with Gasteiger partial charge >= 0.3 is 0 Å². The normalized spacial score (nSPS) is 15.7. The van der Waals surface area contributed by atoms with Crippen LogP contribution in [0.25, 0.3) is 0 Å². The molecule has 0 aromatic carbocycles. The van der Waals surface area contributed by atoms with Crippen LogP contribution in [-0.2, 0) is 4.74 Å². The molecular formula is C25H50OS. The predicted octanol–water partition coefficient (Wildman–Crippen LogP) is 8.80. The Balaban J connectivity index is 1.65. The van der Waals surface area contributed by atoms with Crippen molar-refractivity contribution in [3.05, 3.63) is 0 Å². The Morgan fingerprint density at radius 2 is 1.19 bits per heavy atom. The molecule has 0 aliphatic heterocycles. The fourth-order valence-electron chi connectivity index (χ4n) is 4.29. The van der Waals surface area contributed by atoms with Crippen molar-refractivity contribution in [2.45, 2.75) is 136 Å². The number of thioether (sulfide) groups is 1. The highest BCUT2D eigenvalue weighted by Gasteiger charge is 2.12. The van der Waals surface area contributed by atoms with E-state index in [9.17, 15) is 0 Å². The summed E-state index contributed by atoms with van der Waals surface area (Å²) < 4.78 is 5.57. The lowest BCUT2D eigenvalue weighted by Crippen LogP contribution is -2.05. The standard InChI is InChI=1S/C25H50OS/c1-24(2)26-21-17-23-27-22-16-11-9-7-5-3-4-6-8-10-13-18-25-19-14-12-15-20-25/h24-25H,3-23H2,1-2H3. The Bertz CT molecular complexity index is 286. The molecule has 0 spiro atoms. The monoisotopic (exact) mass is 398 g/mol. The molecule has 1 rings (SSSR count). The van der Waals surface area contributed by atoms with Crippen molar-refractivity contribution < 1.29 is 4.74 Å². The van der Waals surface area contributed by atoms with Gasteiger partial charge in [-0.25, -0.2) is 0 Å². The van der Waals surface area contributed by atoms with Crippen LogP contribution in [0.1, 0.15) is 129 Å². The molecule has 0 atom stereocenters. The largest absolute Gasteiger partial charge is 0.379 e. The van der Waals surface area contributed by atoms with E-state index in [2.05, 4.69) is 25.6 Å². The van der Waals surface area contributed by atoms with Gasteiger partial charge in [-0.15, -0.1) is 0 Å². The van der Waals surface area contributed by atoms with Gasteiger partial charge in [-0.1, -0.05) is 103 Å². The average molecular weight is 399 g/mol. The maximum Gasteiger partial charge on any atom is 0.0518 e. The van der Waals surface area contributed by atoms with Gasteiger partial charge in [-0.05, 0) is 44.1 Å². The van der Waals surface area contributed by atoms with Gasteiger partial charge in [0.05, 0.1) is 6.10 Å². The Morgan fingerprint density at radius 3 is 1.78 bits per heavy atom. The molecule has 27 heavy (non-hydrogen) atoms. The zero-order valence-corrected chi connectivity index (χ0v) is 19.6. The fourth-order valence-corrected chi connectivity index (χ4v) is 5.22. The summed E-state index contributed by atoms with van der Waals surface area (Å²) >= 11 is 2.12. The second-order valence-electron chi connectivity index (χ2n) is 9.07. The van der Waals surface area contributed by atoms with Gasteiger partial charge in [0.1, 0.15) is 0 Å². The first kappa shape index (κ1) is 25.3. The molecule has 0 saturated heterocycles. The third-order valence-corrected chi connectivity index (χ3v) is 7.16. The zero-order valence-electron chi connectivity index (χ0n) is 18.8. The number of hydrogen-bond donors (Lipinski definition) is 0. The zero-order chi connectivity index (χ0) is 19.4. The van der Waals surface area contributed by atoms with Crippen molar-refractivity contribution in [3.8, 4) is 0 Å². The Hall–Kier alpha value is 0.310. The van der Waals surface area contributed by atoms with Crippen molar-refractivity contribution in [2.24, 2.45) is 5.92 Å². The van der Waals surface area contributed by atoms with Crippen molar-refractivity contribution in [2.75, 3.05) is 18.1 Å². The maximum atomic E-state index is 5.57. The lowest BCUT2D eigenvalue weighted by atomic mass is 9.85. The van der Waals surface area contributed by atoms with Crippen molar-refractivity contribution in [1.29, 1.82) is 0 Å². The quantitative estimate of drug-likeness (QED) is 0.201. The number of hydrogen-bond acceptors (Lipinski definition) is 2. The number of rotatable bonds is 19. The highest BCUT2D eigenvalue weighted by molar-refractivity contribution is 7.99. The fraction of sp³-hybridized carbons (Fsp3) is 1.00. The van der Waals surface area contributed by atoms with Gasteiger partial charge in [0.25, 0.3) is 0 Å². The molecule has 1 aliphatic rings. The molecule has 0 bridgehead atoms. The molecule has 1 nitrogen and oxygen atoms in total. The molecular weight excluding hydrogens is 348 g/mol. The van der Waals surface area contributed by atoms with E-state index in [0.29, 0.717) is 6.10 Å².